The van der Waals surface area contributed by atoms with Crippen molar-refractivity contribution >= 4 is 22.6 Å². The van der Waals surface area contributed by atoms with Crippen LogP contribution < -0.4 is 15.4 Å². The van der Waals surface area contributed by atoms with Crippen LogP contribution in [0.1, 0.15) is 94.5 Å². The van der Waals surface area contributed by atoms with Crippen LogP contribution in [0.25, 0.3) is 50.2 Å². The number of aromatic amines is 2. The number of halogens is 1. The number of aliphatic hydroxyl groups excluding tert-OH is 1. The van der Waals surface area contributed by atoms with Crippen LogP contribution in [0.3, 0.4) is 0 Å². The number of ether oxygens (including phenoxy) is 3. The fourth-order valence-corrected chi connectivity index (χ4v) is 11.4. The minimum Gasteiger partial charge on any atom is -0.465 e. The summed E-state index contributed by atoms with van der Waals surface area (Å²) < 4.78 is 34.8. The molecule has 3 aromatic carbocycles. The number of aromatic nitrogens is 5. The number of H-pyrrole nitrogens is 2. The molecule has 372 valence electrons. The molecule has 0 spiro atoms. The van der Waals surface area contributed by atoms with Gasteiger partial charge in [0.1, 0.15) is 29.8 Å². The molecule has 7 unspecified atom stereocenters. The Balaban J connectivity index is 0.906. The van der Waals surface area contributed by atoms with Gasteiger partial charge in [0.2, 0.25) is 6.23 Å². The van der Waals surface area contributed by atoms with Gasteiger partial charge in [0, 0.05) is 66.8 Å². The Hall–Kier alpha value is -6.10. The van der Waals surface area contributed by atoms with E-state index in [2.05, 4.69) is 129 Å². The highest BCUT2D eigenvalue weighted by atomic mass is 19.1. The van der Waals surface area contributed by atoms with Crippen LogP contribution >= 0.6 is 0 Å². The van der Waals surface area contributed by atoms with Crippen molar-refractivity contribution in [2.75, 3.05) is 40.6 Å². The van der Waals surface area contributed by atoms with Crippen LogP contribution in [0, 0.1) is 23.7 Å². The monoisotopic (exact) mass is 964 g/mol. The van der Waals surface area contributed by atoms with Crippen LogP contribution in [0.4, 0.5) is 9.18 Å². The van der Waals surface area contributed by atoms with E-state index in [1.54, 1.807) is 7.11 Å². The molecule has 3 fully saturated rings. The third kappa shape index (κ3) is 9.23. The van der Waals surface area contributed by atoms with E-state index in [0.717, 1.165) is 80.5 Å². The van der Waals surface area contributed by atoms with Crippen molar-refractivity contribution in [1.29, 1.82) is 0 Å². The molecule has 14 nitrogen and oxygen atoms in total. The van der Waals surface area contributed by atoms with Crippen molar-refractivity contribution < 1.29 is 28.5 Å². The average Bonchev–Trinajstić information content (AvgIpc) is 4.01. The summed E-state index contributed by atoms with van der Waals surface area (Å²) in [5, 5.41) is 19.0. The zero-order valence-electron chi connectivity index (χ0n) is 41.4. The van der Waals surface area contributed by atoms with E-state index in [1.807, 2.05) is 31.1 Å². The van der Waals surface area contributed by atoms with Gasteiger partial charge in [0.25, 0.3) is 0 Å². The van der Waals surface area contributed by atoms with Gasteiger partial charge < -0.3 is 39.2 Å². The molecule has 3 aliphatic heterocycles. The number of allylic oxidation sites excluding steroid dienone is 4. The number of alkyl halides is 1. The molecule has 6 heterocycles. The van der Waals surface area contributed by atoms with Gasteiger partial charge in [-0.3, -0.25) is 15.1 Å². The number of nitrogens with one attached hydrogen (secondary N) is 4. The Kier molecular flexibility index (Phi) is 13.0. The van der Waals surface area contributed by atoms with Gasteiger partial charge in [-0.25, -0.2) is 19.2 Å². The largest absolute Gasteiger partial charge is 0.465 e. The Morgan fingerprint density at radius 1 is 0.901 bits per heavy atom. The summed E-state index contributed by atoms with van der Waals surface area (Å²) in [6.07, 6.45) is 11.2. The van der Waals surface area contributed by atoms with E-state index >= 15 is 4.39 Å². The molecule has 0 bridgehead atoms. The second kappa shape index (κ2) is 19.5. The normalized spacial score (nSPS) is 24.1. The van der Waals surface area contributed by atoms with Crippen LogP contribution in [-0.2, 0) is 9.47 Å². The van der Waals surface area contributed by atoms with Gasteiger partial charge in [0.15, 0.2) is 0 Å². The molecular weight excluding hydrogens is 898 g/mol. The predicted octanol–water partition coefficient (Wildman–Crippen LogP) is 9.76. The maximum atomic E-state index is 15.1. The highest BCUT2D eigenvalue weighted by molar-refractivity contribution is 5.92. The first kappa shape index (κ1) is 47.2. The van der Waals surface area contributed by atoms with Gasteiger partial charge in [-0.2, -0.15) is 0 Å². The van der Waals surface area contributed by atoms with Crippen LogP contribution in [-0.4, -0.2) is 111 Å². The Morgan fingerprint density at radius 3 is 2.35 bits per heavy atom. The first-order chi connectivity index (χ1) is 34.4. The van der Waals surface area contributed by atoms with E-state index in [0.29, 0.717) is 50.5 Å². The molecule has 6 aromatic rings. The number of methoxy groups -OCH3 is 2. The van der Waals surface area contributed by atoms with Crippen LogP contribution in [0.2, 0.25) is 0 Å². The number of amides is 1. The first-order valence-corrected chi connectivity index (χ1v) is 25.4. The molecule has 2 aliphatic carbocycles. The molecule has 2 saturated heterocycles. The molecule has 1 amide bonds. The van der Waals surface area contributed by atoms with E-state index in [9.17, 15) is 9.90 Å². The molecule has 15 heteroatoms. The fourth-order valence-electron chi connectivity index (χ4n) is 11.4. The lowest BCUT2D eigenvalue weighted by Gasteiger charge is -2.35. The van der Waals surface area contributed by atoms with Gasteiger partial charge in [-0.05, 0) is 84.4 Å². The summed E-state index contributed by atoms with van der Waals surface area (Å²) >= 11 is 0. The molecule has 5 aliphatic rings. The maximum absolute atomic E-state index is 15.1. The number of hydrogen-bond donors (Lipinski definition) is 5. The van der Waals surface area contributed by atoms with Gasteiger partial charge in [0.05, 0.1) is 67.0 Å². The summed E-state index contributed by atoms with van der Waals surface area (Å²) in [5.41, 5.74) is 10.2. The highest BCUT2D eigenvalue weighted by Gasteiger charge is 2.40. The van der Waals surface area contributed by atoms with Crippen molar-refractivity contribution in [3.05, 3.63) is 120 Å². The third-order valence-electron chi connectivity index (χ3n) is 15.6. The van der Waals surface area contributed by atoms with E-state index < -0.39 is 30.8 Å². The summed E-state index contributed by atoms with van der Waals surface area (Å²) in [5.74, 6) is 3.97. The van der Waals surface area contributed by atoms with Crippen molar-refractivity contribution in [2.45, 2.75) is 96.2 Å². The fraction of sp³-hybridized carbons (Fsp3) is 0.446. The maximum Gasteiger partial charge on any atom is 0.407 e. The van der Waals surface area contributed by atoms with Gasteiger partial charge in [-0.1, -0.05) is 82.3 Å². The molecule has 3 aromatic heterocycles. The Morgan fingerprint density at radius 2 is 1.63 bits per heavy atom. The number of aliphatic hydroxyl groups is 1. The molecule has 71 heavy (non-hydrogen) atoms. The predicted molar refractivity (Wildman–Crippen MR) is 273 cm³/mol. The minimum atomic E-state index is -0.926. The van der Waals surface area contributed by atoms with Crippen molar-refractivity contribution in [2.24, 2.45) is 23.7 Å². The van der Waals surface area contributed by atoms with Crippen LogP contribution in [0.5, 0.6) is 5.75 Å². The zero-order chi connectivity index (χ0) is 49.1. The highest BCUT2D eigenvalue weighted by Crippen LogP contribution is 2.48. The lowest BCUT2D eigenvalue weighted by molar-refractivity contribution is -0.0440. The van der Waals surface area contributed by atoms with Crippen molar-refractivity contribution in [3.8, 4) is 39.5 Å². The SMILES string of the molecule is COCN[C@H](CN1CC(F)C[C@H]1c1ncc(-c2ccc3c(c2)cc2n3C(c3ccc(C4=CC5CC5C=C4)cc3)Oc3cc(-c4cnc(C5CCCN5C(O)C(NC(=O)OC)C(C)C)[nH]4)ccc3-2)[nH]1)C(C)C. The van der Waals surface area contributed by atoms with Crippen molar-refractivity contribution in [3.63, 3.8) is 0 Å². The standard InChI is InChI=1S/C56H66FN9O5/c1-31(2)45(60-30-69-5)29-64-28-41(57)25-49(64)53-59-26-43(62-53)37-16-18-46-40(22-37)23-48-42-17-15-38(44-27-58-52(61-44)47-8-7-19-65(47)54(67)51(32(3)4)63-56(68)70-6)24-50(42)71-55(66(46)48)34-11-9-33(10-12-34)35-13-14-36-21-39(36)20-35/h9-18,20,22-24,26-27,31-32,36,39,41,45,47,49,51,54-55,60,67H,7-8,19,21,25,28-30H2,1-6H3,(H,58,61)(H,59,62)(H,63,68)/t36?,39?,41?,45-,47?,49+,51?,54?,55?/m1/s1. The van der Waals surface area contributed by atoms with E-state index in [4.69, 9.17) is 24.2 Å². The third-order valence-corrected chi connectivity index (χ3v) is 15.6. The van der Waals surface area contributed by atoms with Gasteiger partial charge in [-0.15, -0.1) is 0 Å². The first-order valence-electron chi connectivity index (χ1n) is 25.4. The number of benzene rings is 3. The summed E-state index contributed by atoms with van der Waals surface area (Å²) in [7, 11) is 3.01. The lowest BCUT2D eigenvalue weighted by atomic mass is 9.98. The molecule has 0 radical (unpaired) electrons. The van der Waals surface area contributed by atoms with Crippen molar-refractivity contribution in [1.82, 2.24) is 44.9 Å². The molecule has 11 rings (SSSR count). The lowest BCUT2D eigenvalue weighted by Crippen LogP contribution is -2.54. The quantitative estimate of drug-likeness (QED) is 0.0592. The van der Waals surface area contributed by atoms with E-state index in [1.165, 1.54) is 24.7 Å². The Bertz CT molecular complexity index is 2960. The number of fused-ring (bicyclic) bond motifs is 6. The Labute approximate surface area is 414 Å². The summed E-state index contributed by atoms with van der Waals surface area (Å²) in [6, 6.07) is 23.2. The second-order valence-corrected chi connectivity index (χ2v) is 20.9. The number of carbonyl (C=O) groups excluding carboxylic acids is 1. The summed E-state index contributed by atoms with van der Waals surface area (Å²) in [6.45, 7) is 10.5. The molecule has 5 N–H and O–H groups in total. The van der Waals surface area contributed by atoms with Gasteiger partial charge >= 0.3 is 6.09 Å². The minimum absolute atomic E-state index is 0.0315. The number of nitrogens with zero attached hydrogens (tertiary/aromatic N) is 5. The molecule has 9 atom stereocenters. The zero-order valence-corrected chi connectivity index (χ0v) is 41.4. The second-order valence-electron chi connectivity index (χ2n) is 20.9. The number of alkyl carbamates (subject to hydrolysis) is 1. The summed E-state index contributed by atoms with van der Waals surface area (Å²) in [4.78, 5) is 33.4. The number of carbonyl (C=O) groups is 1. The smallest absolute Gasteiger partial charge is 0.407 e. The number of hydrogen-bond acceptors (Lipinski definition) is 10. The molecular formula is C56H66FN9O5. The topological polar surface area (TPSA) is 158 Å². The number of likely N-dealkylation sites (tertiary alicyclic amines) is 2. The average molecular weight is 964 g/mol. The van der Waals surface area contributed by atoms with E-state index in [-0.39, 0.29) is 24.0 Å². The number of imidazole rings is 2. The number of rotatable bonds is 16. The van der Waals surface area contributed by atoms with Crippen LogP contribution in [0.15, 0.2) is 97.4 Å². The molecule has 1 saturated carbocycles.